The minimum atomic E-state index is -3.81. The van der Waals surface area contributed by atoms with E-state index in [-0.39, 0.29) is 23.5 Å². The predicted molar refractivity (Wildman–Crippen MR) is 159 cm³/mol. The SMILES string of the molecule is C=CCN(CC=C)S(=O)(=O)c1ccc(C(=O)N(/N=C/c2ccc(OC)cc2)c2nc3ccc(OC)cc3s2)cc1. The Morgan fingerprint density at radius 3 is 2.17 bits per heavy atom. The number of nitrogens with zero attached hydrogens (tertiary/aromatic N) is 4. The van der Waals surface area contributed by atoms with E-state index < -0.39 is 15.9 Å². The van der Waals surface area contributed by atoms with Crippen LogP contribution < -0.4 is 14.5 Å². The molecule has 0 spiro atoms. The van der Waals surface area contributed by atoms with Gasteiger partial charge in [-0.3, -0.25) is 4.79 Å². The first-order valence-electron chi connectivity index (χ1n) is 12.1. The van der Waals surface area contributed by atoms with Gasteiger partial charge >= 0.3 is 0 Å². The molecule has 9 nitrogen and oxygen atoms in total. The molecule has 0 atom stereocenters. The lowest BCUT2D eigenvalue weighted by Gasteiger charge is -2.19. The smallest absolute Gasteiger partial charge is 0.280 e. The topological polar surface area (TPSA) is 101 Å². The van der Waals surface area contributed by atoms with Crippen molar-refractivity contribution in [3.8, 4) is 11.5 Å². The molecule has 0 aliphatic carbocycles. The second-order valence-electron chi connectivity index (χ2n) is 8.39. The number of carbonyl (C=O) groups excluding carboxylic acids is 1. The Kier molecular flexibility index (Phi) is 9.10. The highest BCUT2D eigenvalue weighted by Gasteiger charge is 2.25. The van der Waals surface area contributed by atoms with Crippen LogP contribution >= 0.6 is 11.3 Å². The molecule has 0 saturated heterocycles. The Bertz CT molecular complexity index is 1640. The molecule has 4 aromatic rings. The fraction of sp³-hybridized carbons (Fsp3) is 0.138. The molecule has 0 radical (unpaired) electrons. The number of rotatable bonds is 12. The summed E-state index contributed by atoms with van der Waals surface area (Å²) in [6.07, 6.45) is 4.56. The van der Waals surface area contributed by atoms with E-state index in [2.05, 4.69) is 23.2 Å². The zero-order valence-corrected chi connectivity index (χ0v) is 23.7. The second kappa shape index (κ2) is 12.7. The fourth-order valence-corrected chi connectivity index (χ4v) is 6.05. The summed E-state index contributed by atoms with van der Waals surface area (Å²) in [5, 5.41) is 6.01. The number of thiazole rings is 1. The summed E-state index contributed by atoms with van der Waals surface area (Å²) in [5.41, 5.74) is 1.67. The number of amides is 1. The van der Waals surface area contributed by atoms with Crippen LogP contribution in [0.25, 0.3) is 10.2 Å². The second-order valence-corrected chi connectivity index (χ2v) is 11.3. The Morgan fingerprint density at radius 2 is 1.57 bits per heavy atom. The third-order valence-electron chi connectivity index (χ3n) is 5.80. The number of aromatic nitrogens is 1. The fourth-order valence-electron chi connectivity index (χ4n) is 3.71. The van der Waals surface area contributed by atoms with Gasteiger partial charge in [0.2, 0.25) is 15.2 Å². The molecule has 1 heterocycles. The van der Waals surface area contributed by atoms with E-state index in [9.17, 15) is 13.2 Å². The quantitative estimate of drug-likeness (QED) is 0.128. The van der Waals surface area contributed by atoms with Crippen LogP contribution in [0.1, 0.15) is 15.9 Å². The highest BCUT2D eigenvalue weighted by molar-refractivity contribution is 7.89. The maximum absolute atomic E-state index is 13.7. The van der Waals surface area contributed by atoms with Crippen molar-refractivity contribution in [2.45, 2.75) is 4.90 Å². The molecule has 3 aromatic carbocycles. The standard InChI is InChI=1S/C29H28N4O5S2/c1-5-17-32(18-6-2)40(35,36)25-14-9-22(10-15-25)28(34)33(30-20-21-7-11-23(37-3)12-8-21)29-31-26-16-13-24(38-4)19-27(26)39-29/h5-16,19-20H,1-2,17-18H2,3-4H3/b30-20+. The lowest BCUT2D eigenvalue weighted by atomic mass is 10.2. The normalized spacial score (nSPS) is 11.6. The molecule has 0 unspecified atom stereocenters. The number of fused-ring (bicyclic) bond motifs is 1. The summed E-state index contributed by atoms with van der Waals surface area (Å²) in [4.78, 5) is 18.4. The van der Waals surface area contributed by atoms with Gasteiger partial charge in [0.25, 0.3) is 5.91 Å². The van der Waals surface area contributed by atoms with Crippen LogP contribution in [0, 0.1) is 0 Å². The first-order valence-corrected chi connectivity index (χ1v) is 14.4. The van der Waals surface area contributed by atoms with Crippen LogP contribution in [0.4, 0.5) is 5.13 Å². The Hall–Kier alpha value is -4.32. The summed E-state index contributed by atoms with van der Waals surface area (Å²) in [6, 6.07) is 18.4. The van der Waals surface area contributed by atoms with E-state index in [1.165, 1.54) is 57.1 Å². The maximum atomic E-state index is 13.7. The minimum Gasteiger partial charge on any atom is -0.497 e. The third-order valence-corrected chi connectivity index (χ3v) is 8.64. The van der Waals surface area contributed by atoms with Crippen LogP contribution in [0.2, 0.25) is 0 Å². The number of sulfonamides is 1. The number of hydrazone groups is 1. The molecule has 0 aliphatic rings. The van der Waals surface area contributed by atoms with Gasteiger partial charge in [0.05, 0.1) is 35.5 Å². The Morgan fingerprint density at radius 1 is 0.950 bits per heavy atom. The number of carbonyl (C=O) groups is 1. The molecule has 0 aliphatic heterocycles. The van der Waals surface area contributed by atoms with Crippen LogP contribution in [-0.2, 0) is 10.0 Å². The van der Waals surface area contributed by atoms with E-state index in [1.54, 1.807) is 38.6 Å². The van der Waals surface area contributed by atoms with Crippen molar-refractivity contribution in [1.29, 1.82) is 0 Å². The molecule has 4 rings (SSSR count). The van der Waals surface area contributed by atoms with E-state index in [0.717, 1.165) is 10.3 Å². The average Bonchev–Trinajstić information content (AvgIpc) is 3.40. The molecule has 0 fully saturated rings. The van der Waals surface area contributed by atoms with Gasteiger partial charge in [-0.15, -0.1) is 13.2 Å². The highest BCUT2D eigenvalue weighted by atomic mass is 32.2. The molecule has 0 saturated carbocycles. The number of hydrogen-bond acceptors (Lipinski definition) is 8. The van der Waals surface area contributed by atoms with Gasteiger partial charge in [-0.05, 0) is 72.3 Å². The summed E-state index contributed by atoms with van der Waals surface area (Å²) in [5.74, 6) is 0.884. The number of hydrogen-bond donors (Lipinski definition) is 0. The largest absolute Gasteiger partial charge is 0.497 e. The van der Waals surface area contributed by atoms with Gasteiger partial charge in [-0.1, -0.05) is 23.5 Å². The van der Waals surface area contributed by atoms with Gasteiger partial charge in [0.1, 0.15) is 11.5 Å². The van der Waals surface area contributed by atoms with Gasteiger partial charge < -0.3 is 9.47 Å². The summed E-state index contributed by atoms with van der Waals surface area (Å²) < 4.78 is 38.8. The van der Waals surface area contributed by atoms with Gasteiger partial charge in [0, 0.05) is 18.7 Å². The van der Waals surface area contributed by atoms with Crippen LogP contribution in [0.15, 0.2) is 102 Å². The Balaban J connectivity index is 1.70. The summed E-state index contributed by atoms with van der Waals surface area (Å²) >= 11 is 1.28. The average molecular weight is 577 g/mol. The third kappa shape index (κ3) is 6.28. The summed E-state index contributed by atoms with van der Waals surface area (Å²) in [7, 11) is -0.651. The minimum absolute atomic E-state index is 0.0492. The van der Waals surface area contributed by atoms with Crippen molar-refractivity contribution in [3.05, 3.63) is 103 Å². The highest BCUT2D eigenvalue weighted by Crippen LogP contribution is 2.32. The zero-order chi connectivity index (χ0) is 28.7. The number of ether oxygens (including phenoxy) is 2. The monoisotopic (exact) mass is 576 g/mol. The van der Waals surface area contributed by atoms with Gasteiger partial charge in [-0.25, -0.2) is 13.4 Å². The van der Waals surface area contributed by atoms with Crippen molar-refractivity contribution in [2.24, 2.45) is 5.10 Å². The predicted octanol–water partition coefficient (Wildman–Crippen LogP) is 5.36. The molecule has 0 bridgehead atoms. The van der Waals surface area contributed by atoms with Crippen LogP contribution in [-0.4, -0.2) is 57.1 Å². The molecular formula is C29H28N4O5S2. The van der Waals surface area contributed by atoms with E-state index in [0.29, 0.717) is 22.1 Å². The first-order chi connectivity index (χ1) is 19.3. The maximum Gasteiger partial charge on any atom is 0.280 e. The molecule has 1 amide bonds. The van der Waals surface area contributed by atoms with Crippen molar-refractivity contribution in [2.75, 3.05) is 32.3 Å². The van der Waals surface area contributed by atoms with E-state index in [4.69, 9.17) is 9.47 Å². The van der Waals surface area contributed by atoms with Crippen molar-refractivity contribution in [3.63, 3.8) is 0 Å². The number of anilines is 1. The van der Waals surface area contributed by atoms with Crippen LogP contribution in [0.5, 0.6) is 11.5 Å². The van der Waals surface area contributed by atoms with E-state index in [1.807, 2.05) is 24.3 Å². The first kappa shape index (κ1) is 28.7. The molecule has 40 heavy (non-hydrogen) atoms. The number of benzene rings is 3. The van der Waals surface area contributed by atoms with Crippen molar-refractivity contribution < 1.29 is 22.7 Å². The molecule has 1 aromatic heterocycles. The molecular weight excluding hydrogens is 548 g/mol. The lowest BCUT2D eigenvalue weighted by Crippen LogP contribution is -2.31. The molecule has 206 valence electrons. The summed E-state index contributed by atoms with van der Waals surface area (Å²) in [6.45, 7) is 7.51. The Labute approximate surface area is 237 Å². The van der Waals surface area contributed by atoms with Crippen molar-refractivity contribution in [1.82, 2.24) is 9.29 Å². The lowest BCUT2D eigenvalue weighted by molar-refractivity contribution is 0.0987. The molecule has 0 N–H and O–H groups in total. The van der Waals surface area contributed by atoms with E-state index >= 15 is 0 Å². The number of methoxy groups -OCH3 is 2. The van der Waals surface area contributed by atoms with Crippen LogP contribution in [0.3, 0.4) is 0 Å². The van der Waals surface area contributed by atoms with Gasteiger partial charge in [-0.2, -0.15) is 14.4 Å². The molecule has 11 heteroatoms. The zero-order valence-electron chi connectivity index (χ0n) is 22.1. The van der Waals surface area contributed by atoms with Gasteiger partial charge in [0.15, 0.2) is 0 Å². The van der Waals surface area contributed by atoms with Crippen molar-refractivity contribution >= 4 is 48.8 Å².